The molecule has 0 amide bonds. The number of benzene rings is 2. The summed E-state index contributed by atoms with van der Waals surface area (Å²) in [6, 6.07) is 12.0. The van der Waals surface area contributed by atoms with Crippen molar-refractivity contribution in [3.05, 3.63) is 58.8 Å². The average Bonchev–Trinajstić information content (AvgIpc) is 2.72. The molecule has 0 saturated heterocycles. The molecule has 28 heavy (non-hydrogen) atoms. The van der Waals surface area contributed by atoms with Crippen molar-refractivity contribution in [3.63, 3.8) is 0 Å². The maximum Gasteiger partial charge on any atom is 0.162 e. The third-order valence-electron chi connectivity index (χ3n) is 5.42. The van der Waals surface area contributed by atoms with Crippen LogP contribution in [0.4, 0.5) is 5.69 Å². The summed E-state index contributed by atoms with van der Waals surface area (Å²) in [6.45, 7) is 2.59. The van der Waals surface area contributed by atoms with E-state index in [1.807, 2.05) is 43.3 Å². The van der Waals surface area contributed by atoms with E-state index in [-0.39, 0.29) is 11.7 Å². The third kappa shape index (κ3) is 3.11. The van der Waals surface area contributed by atoms with E-state index >= 15 is 0 Å². The van der Waals surface area contributed by atoms with Crippen molar-refractivity contribution in [2.75, 3.05) is 26.1 Å². The van der Waals surface area contributed by atoms with E-state index in [1.165, 1.54) is 0 Å². The van der Waals surface area contributed by atoms with Crippen LogP contribution >= 0.6 is 0 Å². The molecule has 0 fully saturated rings. The predicted molar refractivity (Wildman–Crippen MR) is 109 cm³/mol. The van der Waals surface area contributed by atoms with Gasteiger partial charge in [0.1, 0.15) is 5.75 Å². The normalized spacial score (nSPS) is 18.1. The van der Waals surface area contributed by atoms with Crippen molar-refractivity contribution in [1.82, 2.24) is 0 Å². The van der Waals surface area contributed by atoms with Gasteiger partial charge in [-0.15, -0.1) is 0 Å². The largest absolute Gasteiger partial charge is 0.494 e. The van der Waals surface area contributed by atoms with Gasteiger partial charge in [-0.05, 0) is 49.1 Å². The number of rotatable bonds is 5. The second-order valence-corrected chi connectivity index (χ2v) is 7.02. The van der Waals surface area contributed by atoms with E-state index < -0.39 is 0 Å². The Bertz CT molecular complexity index is 930. The van der Waals surface area contributed by atoms with Crippen LogP contribution in [0.15, 0.2) is 47.7 Å². The van der Waals surface area contributed by atoms with Gasteiger partial charge in [0.2, 0.25) is 0 Å². The fourth-order valence-corrected chi connectivity index (χ4v) is 4.16. The first-order valence-electron chi connectivity index (χ1n) is 9.68. The Labute approximate surface area is 165 Å². The average molecular weight is 379 g/mol. The SMILES string of the molecule is CCOc1ccc([C@@H]2C3=C(CCCC3=O)Nc3cc(OC)c(OC)cc32)cc1. The summed E-state index contributed by atoms with van der Waals surface area (Å²) in [5.74, 6) is 2.25. The molecule has 1 atom stereocenters. The van der Waals surface area contributed by atoms with E-state index in [0.717, 1.165) is 46.7 Å². The highest BCUT2D eigenvalue weighted by Crippen LogP contribution is 2.48. The summed E-state index contributed by atoms with van der Waals surface area (Å²) in [4.78, 5) is 12.9. The number of ether oxygens (including phenoxy) is 3. The summed E-state index contributed by atoms with van der Waals surface area (Å²) in [5.41, 5.74) is 4.95. The second kappa shape index (κ2) is 7.58. The van der Waals surface area contributed by atoms with Gasteiger partial charge in [0, 0.05) is 35.4 Å². The summed E-state index contributed by atoms with van der Waals surface area (Å²) in [7, 11) is 3.26. The molecule has 0 bridgehead atoms. The highest BCUT2D eigenvalue weighted by atomic mass is 16.5. The molecule has 1 aliphatic heterocycles. The van der Waals surface area contributed by atoms with Crippen molar-refractivity contribution in [2.45, 2.75) is 32.1 Å². The molecule has 0 radical (unpaired) electrons. The van der Waals surface area contributed by atoms with Crippen molar-refractivity contribution >= 4 is 11.5 Å². The monoisotopic (exact) mass is 379 g/mol. The van der Waals surface area contributed by atoms with E-state index in [0.29, 0.717) is 24.5 Å². The molecule has 0 unspecified atom stereocenters. The molecule has 0 saturated carbocycles. The zero-order valence-corrected chi connectivity index (χ0v) is 16.5. The van der Waals surface area contributed by atoms with E-state index in [9.17, 15) is 4.79 Å². The Kier molecular flexibility index (Phi) is 4.99. The molecule has 4 rings (SSSR count). The van der Waals surface area contributed by atoms with Gasteiger partial charge in [-0.1, -0.05) is 12.1 Å². The Morgan fingerprint density at radius 2 is 1.75 bits per heavy atom. The number of anilines is 1. The van der Waals surface area contributed by atoms with Crippen LogP contribution in [0.2, 0.25) is 0 Å². The number of Topliss-reactive ketones (excluding diaryl/α,β-unsaturated/α-hetero) is 1. The molecule has 5 heteroatoms. The first-order chi connectivity index (χ1) is 13.7. The fraction of sp³-hybridized carbons (Fsp3) is 0.348. The van der Waals surface area contributed by atoms with Gasteiger partial charge < -0.3 is 19.5 Å². The summed E-state index contributed by atoms with van der Waals surface area (Å²) in [6.07, 6.45) is 2.35. The number of carbonyl (C=O) groups excluding carboxylic acids is 1. The Hall–Kier alpha value is -2.95. The van der Waals surface area contributed by atoms with E-state index in [2.05, 4.69) is 5.32 Å². The number of carbonyl (C=O) groups is 1. The molecule has 146 valence electrons. The maximum absolute atomic E-state index is 12.9. The standard InChI is InChI=1S/C23H25NO4/c1-4-28-15-10-8-14(9-11-15)22-16-12-20(26-2)21(27-3)13-18(16)24-17-6-5-7-19(25)23(17)22/h8-13,22,24H,4-7H2,1-3H3/t22-/m0/s1. The van der Waals surface area contributed by atoms with Crippen molar-refractivity contribution < 1.29 is 19.0 Å². The molecule has 0 aromatic heterocycles. The molecule has 0 spiro atoms. The minimum absolute atomic E-state index is 0.130. The Balaban J connectivity index is 1.88. The predicted octanol–water partition coefficient (Wildman–Crippen LogP) is 4.67. The van der Waals surface area contributed by atoms with Crippen LogP contribution in [0, 0.1) is 0 Å². The summed E-state index contributed by atoms with van der Waals surface area (Å²) < 4.78 is 16.6. The Morgan fingerprint density at radius 1 is 1.04 bits per heavy atom. The lowest BCUT2D eigenvalue weighted by Gasteiger charge is -2.34. The lowest BCUT2D eigenvalue weighted by Crippen LogP contribution is -2.27. The van der Waals surface area contributed by atoms with Gasteiger partial charge in [-0.25, -0.2) is 0 Å². The van der Waals surface area contributed by atoms with Crippen LogP contribution < -0.4 is 19.5 Å². The molecule has 1 N–H and O–H groups in total. The van der Waals surface area contributed by atoms with Gasteiger partial charge in [0.25, 0.3) is 0 Å². The highest BCUT2D eigenvalue weighted by Gasteiger charge is 2.35. The van der Waals surface area contributed by atoms with Crippen LogP contribution in [0.3, 0.4) is 0 Å². The Morgan fingerprint density at radius 3 is 2.43 bits per heavy atom. The van der Waals surface area contributed by atoms with Gasteiger partial charge in [0.15, 0.2) is 17.3 Å². The number of hydrogen-bond donors (Lipinski definition) is 1. The second-order valence-electron chi connectivity index (χ2n) is 7.02. The number of fused-ring (bicyclic) bond motifs is 1. The first-order valence-corrected chi connectivity index (χ1v) is 9.68. The van der Waals surface area contributed by atoms with Gasteiger partial charge >= 0.3 is 0 Å². The van der Waals surface area contributed by atoms with Crippen molar-refractivity contribution in [2.24, 2.45) is 0 Å². The van der Waals surface area contributed by atoms with Gasteiger partial charge in [0.05, 0.1) is 20.8 Å². The lowest BCUT2D eigenvalue weighted by molar-refractivity contribution is -0.116. The zero-order chi connectivity index (χ0) is 19.7. The minimum Gasteiger partial charge on any atom is -0.494 e. The number of nitrogens with one attached hydrogen (secondary N) is 1. The van der Waals surface area contributed by atoms with Crippen molar-refractivity contribution in [3.8, 4) is 17.2 Å². The fourth-order valence-electron chi connectivity index (χ4n) is 4.16. The van der Waals surface area contributed by atoms with Crippen LogP contribution in [-0.2, 0) is 4.79 Å². The zero-order valence-electron chi connectivity index (χ0n) is 16.5. The number of hydrogen-bond acceptors (Lipinski definition) is 5. The molecule has 5 nitrogen and oxygen atoms in total. The quantitative estimate of drug-likeness (QED) is 0.818. The van der Waals surface area contributed by atoms with Gasteiger partial charge in [-0.3, -0.25) is 4.79 Å². The molecule has 1 heterocycles. The molecule has 2 aromatic rings. The van der Waals surface area contributed by atoms with Crippen molar-refractivity contribution in [1.29, 1.82) is 0 Å². The van der Waals surface area contributed by atoms with Crippen LogP contribution in [0.5, 0.6) is 17.2 Å². The van der Waals surface area contributed by atoms with Crippen LogP contribution in [0.25, 0.3) is 0 Å². The highest BCUT2D eigenvalue weighted by molar-refractivity contribution is 6.01. The smallest absolute Gasteiger partial charge is 0.162 e. The summed E-state index contributed by atoms with van der Waals surface area (Å²) in [5, 5.41) is 3.49. The first kappa shape index (κ1) is 18.4. The van der Waals surface area contributed by atoms with Gasteiger partial charge in [-0.2, -0.15) is 0 Å². The minimum atomic E-state index is -0.130. The third-order valence-corrected chi connectivity index (χ3v) is 5.42. The number of allylic oxidation sites excluding steroid dienone is 2. The maximum atomic E-state index is 12.9. The summed E-state index contributed by atoms with van der Waals surface area (Å²) >= 11 is 0. The molecule has 2 aliphatic rings. The van der Waals surface area contributed by atoms with E-state index in [4.69, 9.17) is 14.2 Å². The van der Waals surface area contributed by atoms with Crippen LogP contribution in [0.1, 0.15) is 43.2 Å². The number of ketones is 1. The van der Waals surface area contributed by atoms with Crippen LogP contribution in [-0.4, -0.2) is 26.6 Å². The molecule has 1 aliphatic carbocycles. The molecular weight excluding hydrogens is 354 g/mol. The van der Waals surface area contributed by atoms with E-state index in [1.54, 1.807) is 14.2 Å². The molecule has 2 aromatic carbocycles. The molecular formula is C23H25NO4. The lowest BCUT2D eigenvalue weighted by atomic mass is 9.75. The number of methoxy groups -OCH3 is 2. The topological polar surface area (TPSA) is 56.8 Å².